The maximum atomic E-state index is 11.7. The predicted molar refractivity (Wildman–Crippen MR) is 84.7 cm³/mol. The lowest BCUT2D eigenvalue weighted by atomic mass is 10.0. The Balaban J connectivity index is 1.69. The van der Waals surface area contributed by atoms with Crippen molar-refractivity contribution in [2.45, 2.75) is 26.4 Å². The second kappa shape index (κ2) is 7.66. The molecule has 0 bridgehead atoms. The summed E-state index contributed by atoms with van der Waals surface area (Å²) in [5, 5.41) is 15.2. The Morgan fingerprint density at radius 1 is 1.27 bits per heavy atom. The van der Waals surface area contributed by atoms with Crippen LogP contribution in [0.5, 0.6) is 0 Å². The maximum absolute atomic E-state index is 11.7. The predicted octanol–water partition coefficient (Wildman–Crippen LogP) is 2.47. The number of urea groups is 1. The molecule has 22 heavy (non-hydrogen) atoms. The van der Waals surface area contributed by atoms with Crippen molar-refractivity contribution in [3.05, 3.63) is 59.0 Å². The number of nitrogens with one attached hydrogen (secondary N) is 2. The fraction of sp³-hybridized carbons (Fsp3) is 0.353. The lowest BCUT2D eigenvalue weighted by Crippen LogP contribution is -2.38. The zero-order valence-electron chi connectivity index (χ0n) is 12.9. The first-order valence-corrected chi connectivity index (χ1v) is 7.35. The lowest BCUT2D eigenvalue weighted by Gasteiger charge is -2.11. The molecule has 5 nitrogen and oxygen atoms in total. The van der Waals surface area contributed by atoms with Crippen LogP contribution >= 0.6 is 0 Å². The Bertz CT molecular complexity index is 608. The van der Waals surface area contributed by atoms with Crippen molar-refractivity contribution in [3.8, 4) is 0 Å². The van der Waals surface area contributed by atoms with E-state index in [2.05, 4.69) is 42.7 Å². The molecule has 5 heteroatoms. The molecular weight excluding hydrogens is 280 g/mol. The highest BCUT2D eigenvalue weighted by Crippen LogP contribution is 2.12. The third kappa shape index (κ3) is 4.63. The van der Waals surface area contributed by atoms with Crippen LogP contribution in [0.25, 0.3) is 0 Å². The van der Waals surface area contributed by atoms with Crippen LogP contribution in [0.1, 0.15) is 28.6 Å². The molecule has 2 aromatic rings. The van der Waals surface area contributed by atoms with Crippen LogP contribution in [0.2, 0.25) is 0 Å². The normalized spacial score (nSPS) is 12.0. The van der Waals surface area contributed by atoms with Crippen molar-refractivity contribution in [3.63, 3.8) is 0 Å². The maximum Gasteiger partial charge on any atom is 0.314 e. The molecule has 2 rings (SSSR count). The SMILES string of the molecule is Cc1ccc(CCNC(=O)NCC(O)c2ccco2)c(C)c1. The van der Waals surface area contributed by atoms with Gasteiger partial charge >= 0.3 is 6.03 Å². The molecule has 3 N–H and O–H groups in total. The summed E-state index contributed by atoms with van der Waals surface area (Å²) in [5.74, 6) is 0.440. The highest BCUT2D eigenvalue weighted by Gasteiger charge is 2.11. The molecule has 1 aromatic carbocycles. The van der Waals surface area contributed by atoms with Crippen LogP contribution < -0.4 is 10.6 Å². The van der Waals surface area contributed by atoms with E-state index < -0.39 is 6.10 Å². The average Bonchev–Trinajstić information content (AvgIpc) is 3.01. The smallest absolute Gasteiger partial charge is 0.314 e. The van der Waals surface area contributed by atoms with E-state index in [1.807, 2.05) is 0 Å². The number of carbonyl (C=O) groups excluding carboxylic acids is 1. The molecule has 0 spiro atoms. The monoisotopic (exact) mass is 302 g/mol. The first kappa shape index (κ1) is 16.1. The molecule has 1 heterocycles. The molecule has 1 unspecified atom stereocenters. The number of amides is 2. The Labute approximate surface area is 130 Å². The molecule has 0 saturated carbocycles. The highest BCUT2D eigenvalue weighted by atomic mass is 16.4. The molecule has 0 aliphatic rings. The summed E-state index contributed by atoms with van der Waals surface area (Å²) in [5.41, 5.74) is 3.69. The van der Waals surface area contributed by atoms with Crippen LogP contribution in [-0.2, 0) is 6.42 Å². The molecule has 0 aliphatic heterocycles. The standard InChI is InChI=1S/C17H22N2O3/c1-12-5-6-14(13(2)10-12)7-8-18-17(21)19-11-15(20)16-4-3-9-22-16/h3-6,9-10,15,20H,7-8,11H2,1-2H3,(H2,18,19,21). The number of carbonyl (C=O) groups is 1. The van der Waals surface area contributed by atoms with Gasteiger partial charge in [0.2, 0.25) is 0 Å². The van der Waals surface area contributed by atoms with E-state index in [1.54, 1.807) is 12.1 Å². The van der Waals surface area contributed by atoms with Gasteiger partial charge in [-0.3, -0.25) is 0 Å². The number of rotatable bonds is 6. The van der Waals surface area contributed by atoms with Gasteiger partial charge < -0.3 is 20.2 Å². The first-order valence-electron chi connectivity index (χ1n) is 7.35. The number of aliphatic hydroxyl groups excluding tert-OH is 1. The van der Waals surface area contributed by atoms with E-state index in [0.717, 1.165) is 6.42 Å². The number of benzene rings is 1. The van der Waals surface area contributed by atoms with Gasteiger partial charge in [-0.05, 0) is 43.5 Å². The Morgan fingerprint density at radius 3 is 2.77 bits per heavy atom. The van der Waals surface area contributed by atoms with Crippen LogP contribution in [0.3, 0.4) is 0 Å². The van der Waals surface area contributed by atoms with Gasteiger partial charge in [-0.2, -0.15) is 0 Å². The van der Waals surface area contributed by atoms with Gasteiger partial charge in [0.15, 0.2) is 0 Å². The van der Waals surface area contributed by atoms with Crippen molar-refractivity contribution >= 4 is 6.03 Å². The van der Waals surface area contributed by atoms with Crippen LogP contribution in [0.15, 0.2) is 41.0 Å². The molecule has 0 fully saturated rings. The minimum absolute atomic E-state index is 0.114. The Hall–Kier alpha value is -2.27. The van der Waals surface area contributed by atoms with Crippen LogP contribution in [0.4, 0.5) is 4.79 Å². The highest BCUT2D eigenvalue weighted by molar-refractivity contribution is 5.73. The van der Waals surface area contributed by atoms with Gasteiger partial charge in [0.25, 0.3) is 0 Å². The van der Waals surface area contributed by atoms with E-state index in [0.29, 0.717) is 12.3 Å². The minimum atomic E-state index is -0.833. The summed E-state index contributed by atoms with van der Waals surface area (Å²) in [6.07, 6.45) is 1.43. The summed E-state index contributed by atoms with van der Waals surface area (Å²) >= 11 is 0. The van der Waals surface area contributed by atoms with Gasteiger partial charge in [-0.15, -0.1) is 0 Å². The molecule has 2 amide bonds. The summed E-state index contributed by atoms with van der Waals surface area (Å²) in [4.78, 5) is 11.7. The van der Waals surface area contributed by atoms with Gasteiger partial charge in [-0.25, -0.2) is 4.79 Å². The molecule has 118 valence electrons. The summed E-state index contributed by atoms with van der Waals surface area (Å²) in [6.45, 7) is 4.80. The molecule has 0 aliphatic carbocycles. The molecule has 1 atom stereocenters. The first-order chi connectivity index (χ1) is 10.6. The fourth-order valence-corrected chi connectivity index (χ4v) is 2.27. The molecule has 0 radical (unpaired) electrons. The average molecular weight is 302 g/mol. The molecular formula is C17H22N2O3. The Kier molecular flexibility index (Phi) is 5.61. The number of aliphatic hydroxyl groups is 1. The van der Waals surface area contributed by atoms with E-state index in [1.165, 1.54) is 23.0 Å². The summed E-state index contributed by atoms with van der Waals surface area (Å²) in [7, 11) is 0. The zero-order valence-corrected chi connectivity index (χ0v) is 12.9. The van der Waals surface area contributed by atoms with E-state index in [-0.39, 0.29) is 12.6 Å². The molecule has 1 aromatic heterocycles. The number of aryl methyl sites for hydroxylation is 2. The largest absolute Gasteiger partial charge is 0.467 e. The molecule has 0 saturated heterocycles. The lowest BCUT2D eigenvalue weighted by molar-refractivity contribution is 0.148. The summed E-state index contributed by atoms with van der Waals surface area (Å²) < 4.78 is 5.07. The van der Waals surface area contributed by atoms with E-state index in [9.17, 15) is 9.90 Å². The van der Waals surface area contributed by atoms with Gasteiger partial charge in [0.1, 0.15) is 11.9 Å². The second-order valence-electron chi connectivity index (χ2n) is 5.35. The third-order valence-corrected chi connectivity index (χ3v) is 3.51. The van der Waals surface area contributed by atoms with E-state index in [4.69, 9.17) is 4.42 Å². The Morgan fingerprint density at radius 2 is 2.09 bits per heavy atom. The summed E-state index contributed by atoms with van der Waals surface area (Å²) in [6, 6.07) is 9.37. The van der Waals surface area contributed by atoms with Crippen molar-refractivity contribution in [1.29, 1.82) is 0 Å². The van der Waals surface area contributed by atoms with Crippen LogP contribution in [-0.4, -0.2) is 24.2 Å². The zero-order chi connectivity index (χ0) is 15.9. The van der Waals surface area contributed by atoms with E-state index >= 15 is 0 Å². The number of hydrogen-bond acceptors (Lipinski definition) is 3. The van der Waals surface area contributed by atoms with Crippen molar-refractivity contribution < 1.29 is 14.3 Å². The topological polar surface area (TPSA) is 74.5 Å². The second-order valence-corrected chi connectivity index (χ2v) is 5.35. The number of furan rings is 1. The van der Waals surface area contributed by atoms with Crippen LogP contribution in [0, 0.1) is 13.8 Å². The van der Waals surface area contributed by atoms with Crippen molar-refractivity contribution in [2.75, 3.05) is 13.1 Å². The minimum Gasteiger partial charge on any atom is -0.467 e. The fourth-order valence-electron chi connectivity index (χ4n) is 2.27. The third-order valence-electron chi connectivity index (χ3n) is 3.51. The van der Waals surface area contributed by atoms with Crippen molar-refractivity contribution in [2.24, 2.45) is 0 Å². The van der Waals surface area contributed by atoms with Crippen molar-refractivity contribution in [1.82, 2.24) is 10.6 Å². The van der Waals surface area contributed by atoms with Gasteiger partial charge in [0.05, 0.1) is 12.8 Å². The quantitative estimate of drug-likeness (QED) is 0.767. The van der Waals surface area contributed by atoms with Gasteiger partial charge in [-0.1, -0.05) is 23.8 Å². The number of hydrogen-bond donors (Lipinski definition) is 3. The van der Waals surface area contributed by atoms with Gasteiger partial charge in [0, 0.05) is 6.54 Å².